The van der Waals surface area contributed by atoms with Crippen LogP contribution in [0.4, 0.5) is 0 Å². The van der Waals surface area contributed by atoms with Crippen molar-refractivity contribution in [3.05, 3.63) is 63.6 Å². The van der Waals surface area contributed by atoms with Crippen molar-refractivity contribution in [2.75, 3.05) is 13.1 Å². The van der Waals surface area contributed by atoms with Gasteiger partial charge in [-0.3, -0.25) is 9.59 Å². The lowest BCUT2D eigenvalue weighted by atomic mass is 9.79. The van der Waals surface area contributed by atoms with Crippen molar-refractivity contribution in [1.29, 1.82) is 0 Å². The molecule has 37 heavy (non-hydrogen) atoms. The Kier molecular flexibility index (Phi) is 10.2. The highest BCUT2D eigenvalue weighted by atomic mass is 35.5. The zero-order chi connectivity index (χ0) is 27.0. The van der Waals surface area contributed by atoms with Gasteiger partial charge in [-0.15, -0.1) is 0 Å². The number of rotatable bonds is 11. The Balaban J connectivity index is 1.67. The Labute approximate surface area is 228 Å². The van der Waals surface area contributed by atoms with Crippen LogP contribution in [0.25, 0.3) is 0 Å². The van der Waals surface area contributed by atoms with E-state index in [-0.39, 0.29) is 18.9 Å². The summed E-state index contributed by atoms with van der Waals surface area (Å²) in [4.78, 5) is 40.5. The number of halogens is 2. The summed E-state index contributed by atoms with van der Waals surface area (Å²) in [6, 6.07) is 11.0. The minimum atomic E-state index is -1.28. The molecule has 0 radical (unpaired) electrons. The second kappa shape index (κ2) is 13.2. The number of carbonyl (C=O) groups excluding carboxylic acids is 2. The van der Waals surface area contributed by atoms with Gasteiger partial charge >= 0.3 is 5.97 Å². The van der Waals surface area contributed by atoms with Crippen LogP contribution in [0.3, 0.4) is 0 Å². The van der Waals surface area contributed by atoms with Crippen LogP contribution < -0.4 is 10.1 Å². The molecule has 2 amide bonds. The summed E-state index contributed by atoms with van der Waals surface area (Å²) in [6.07, 6.45) is 3.58. The van der Waals surface area contributed by atoms with Gasteiger partial charge in [-0.25, -0.2) is 4.79 Å². The summed E-state index contributed by atoms with van der Waals surface area (Å²) in [6.45, 7) is 5.05. The lowest BCUT2D eigenvalue weighted by Crippen LogP contribution is -2.56. The molecule has 9 heteroatoms. The third kappa shape index (κ3) is 6.96. The van der Waals surface area contributed by atoms with Gasteiger partial charge in [0.25, 0.3) is 0 Å². The fourth-order valence-electron chi connectivity index (χ4n) is 4.65. The zero-order valence-corrected chi connectivity index (χ0v) is 22.8. The number of carboxylic acid groups (broad SMARTS) is 1. The van der Waals surface area contributed by atoms with Gasteiger partial charge in [0, 0.05) is 35.1 Å². The van der Waals surface area contributed by atoms with E-state index in [1.807, 2.05) is 0 Å². The number of nitrogens with one attached hydrogen (secondary N) is 1. The van der Waals surface area contributed by atoms with Crippen molar-refractivity contribution >= 4 is 41.0 Å². The molecule has 0 aliphatic carbocycles. The predicted molar refractivity (Wildman–Crippen MR) is 144 cm³/mol. The van der Waals surface area contributed by atoms with E-state index in [4.69, 9.17) is 27.9 Å². The van der Waals surface area contributed by atoms with E-state index in [1.54, 1.807) is 61.2 Å². The van der Waals surface area contributed by atoms with E-state index in [0.29, 0.717) is 52.9 Å². The Morgan fingerprint density at radius 2 is 1.59 bits per heavy atom. The van der Waals surface area contributed by atoms with Crippen LogP contribution in [0.2, 0.25) is 10.0 Å². The second-order valence-corrected chi connectivity index (χ2v) is 10.2. The summed E-state index contributed by atoms with van der Waals surface area (Å²) in [5.41, 5.74) is 0.109. The van der Waals surface area contributed by atoms with Gasteiger partial charge in [0.2, 0.25) is 11.8 Å². The molecular weight excluding hydrogens is 515 g/mol. The molecule has 1 atom stereocenters. The highest BCUT2D eigenvalue weighted by molar-refractivity contribution is 6.35. The molecule has 0 spiro atoms. The van der Waals surface area contributed by atoms with Gasteiger partial charge in [-0.05, 0) is 61.9 Å². The molecule has 2 N–H and O–H groups in total. The van der Waals surface area contributed by atoms with Crippen molar-refractivity contribution in [2.45, 2.75) is 65.0 Å². The predicted octanol–water partition coefficient (Wildman–Crippen LogP) is 5.50. The number of carbonyl (C=O) groups is 3. The minimum Gasteiger partial charge on any atom is -0.489 e. The average molecular weight is 549 g/mol. The number of benzene rings is 2. The van der Waals surface area contributed by atoms with Gasteiger partial charge in [-0.2, -0.15) is 0 Å². The van der Waals surface area contributed by atoms with E-state index < -0.39 is 23.3 Å². The Hall–Kier alpha value is -2.77. The molecule has 1 saturated heterocycles. The van der Waals surface area contributed by atoms with E-state index in [2.05, 4.69) is 5.32 Å². The maximum Gasteiger partial charge on any atom is 0.326 e. The molecule has 3 rings (SSSR count). The first-order chi connectivity index (χ1) is 17.7. The van der Waals surface area contributed by atoms with Crippen molar-refractivity contribution in [2.24, 2.45) is 5.41 Å². The quantitative estimate of drug-likeness (QED) is 0.361. The van der Waals surface area contributed by atoms with Crippen molar-refractivity contribution in [3.8, 4) is 5.75 Å². The molecule has 0 saturated carbocycles. The zero-order valence-electron chi connectivity index (χ0n) is 21.3. The molecule has 1 aliphatic rings. The van der Waals surface area contributed by atoms with Crippen molar-refractivity contribution < 1.29 is 24.2 Å². The van der Waals surface area contributed by atoms with E-state index >= 15 is 0 Å². The molecule has 1 heterocycles. The Bertz CT molecular complexity index is 1080. The van der Waals surface area contributed by atoms with Crippen LogP contribution >= 0.6 is 23.2 Å². The number of aliphatic carboxylic acids is 1. The fourth-order valence-corrected chi connectivity index (χ4v) is 5.16. The topological polar surface area (TPSA) is 95.9 Å². The van der Waals surface area contributed by atoms with E-state index in [9.17, 15) is 19.5 Å². The van der Waals surface area contributed by atoms with Gasteiger partial charge in [0.15, 0.2) is 0 Å². The number of amides is 2. The summed E-state index contributed by atoms with van der Waals surface area (Å²) in [7, 11) is 0. The third-order valence-corrected chi connectivity index (χ3v) is 7.81. The Morgan fingerprint density at radius 3 is 2.14 bits per heavy atom. The maximum absolute atomic E-state index is 13.4. The highest BCUT2D eigenvalue weighted by Crippen LogP contribution is 2.31. The standard InChI is InChI=1S/C28H34Cl2N2O5/c1-3-28(4-2,27(36)32-15-6-5-7-16-32)26(35)31-24(25(33)34)17-19-11-13-20(14-12-19)37-18-21-22(29)9-8-10-23(21)30/h8-14,24H,3-7,15-18H2,1-2H3,(H,31,35)(H,33,34)/t24-/m0/s1. The molecule has 0 unspecified atom stereocenters. The molecule has 200 valence electrons. The molecule has 2 aromatic carbocycles. The summed E-state index contributed by atoms with van der Waals surface area (Å²) < 4.78 is 5.79. The molecule has 7 nitrogen and oxygen atoms in total. The summed E-state index contributed by atoms with van der Waals surface area (Å²) in [5.74, 6) is -1.33. The van der Waals surface area contributed by atoms with Gasteiger partial charge in [0.1, 0.15) is 23.8 Å². The number of ether oxygens (including phenoxy) is 1. The van der Waals surface area contributed by atoms with Crippen LogP contribution in [-0.2, 0) is 27.4 Å². The SMILES string of the molecule is CCC(CC)(C(=O)N[C@@H](Cc1ccc(OCc2c(Cl)cccc2Cl)cc1)C(=O)O)C(=O)N1CCCCC1. The van der Waals surface area contributed by atoms with Crippen LogP contribution in [-0.4, -0.2) is 46.9 Å². The van der Waals surface area contributed by atoms with E-state index in [1.165, 1.54) is 0 Å². The first-order valence-electron chi connectivity index (χ1n) is 12.7. The number of hydrogen-bond donors (Lipinski definition) is 2. The third-order valence-electron chi connectivity index (χ3n) is 7.11. The first kappa shape index (κ1) is 28.8. The molecule has 1 aliphatic heterocycles. The first-order valence-corrected chi connectivity index (χ1v) is 13.4. The number of hydrogen-bond acceptors (Lipinski definition) is 4. The lowest BCUT2D eigenvalue weighted by molar-refractivity contribution is -0.154. The lowest BCUT2D eigenvalue weighted by Gasteiger charge is -2.37. The molecule has 1 fully saturated rings. The number of likely N-dealkylation sites (tertiary alicyclic amines) is 1. The molecular formula is C28H34Cl2N2O5. The van der Waals surface area contributed by atoms with Crippen LogP contribution in [0, 0.1) is 5.41 Å². The van der Waals surface area contributed by atoms with Crippen molar-refractivity contribution in [3.63, 3.8) is 0 Å². The highest BCUT2D eigenvalue weighted by Gasteiger charge is 2.46. The average Bonchev–Trinajstić information content (AvgIpc) is 2.90. The normalized spacial score (nSPS) is 14.6. The summed E-state index contributed by atoms with van der Waals surface area (Å²) >= 11 is 12.4. The Morgan fingerprint density at radius 1 is 1.00 bits per heavy atom. The van der Waals surface area contributed by atoms with Crippen molar-refractivity contribution in [1.82, 2.24) is 10.2 Å². The minimum absolute atomic E-state index is 0.0686. The smallest absolute Gasteiger partial charge is 0.326 e. The maximum atomic E-state index is 13.4. The monoisotopic (exact) mass is 548 g/mol. The summed E-state index contributed by atoms with van der Waals surface area (Å²) in [5, 5.41) is 13.5. The van der Waals surface area contributed by atoms with Crippen LogP contribution in [0.15, 0.2) is 42.5 Å². The van der Waals surface area contributed by atoms with E-state index in [0.717, 1.165) is 19.3 Å². The molecule has 2 aromatic rings. The number of carboxylic acids is 1. The van der Waals surface area contributed by atoms with Gasteiger partial charge in [-0.1, -0.05) is 55.2 Å². The van der Waals surface area contributed by atoms with Gasteiger partial charge in [0.05, 0.1) is 0 Å². The van der Waals surface area contributed by atoms with Crippen LogP contribution in [0.5, 0.6) is 5.75 Å². The van der Waals surface area contributed by atoms with Crippen LogP contribution in [0.1, 0.15) is 57.1 Å². The number of piperidine rings is 1. The largest absolute Gasteiger partial charge is 0.489 e. The number of nitrogens with zero attached hydrogens (tertiary/aromatic N) is 1. The second-order valence-electron chi connectivity index (χ2n) is 9.34. The fraction of sp³-hybridized carbons (Fsp3) is 0.464. The molecule has 0 bridgehead atoms. The molecule has 0 aromatic heterocycles. The van der Waals surface area contributed by atoms with Gasteiger partial charge < -0.3 is 20.1 Å².